The van der Waals surface area contributed by atoms with Gasteiger partial charge in [-0.15, -0.1) is 11.3 Å². The summed E-state index contributed by atoms with van der Waals surface area (Å²) in [7, 11) is 2.22. The molecule has 0 aliphatic carbocycles. The Kier molecular flexibility index (Phi) is 3.97. The number of hydrogen-bond donors (Lipinski definition) is 1. The lowest BCUT2D eigenvalue weighted by atomic mass is 9.98. The monoisotopic (exact) mass is 265 g/mol. The summed E-state index contributed by atoms with van der Waals surface area (Å²) in [4.78, 5) is 7.31. The summed E-state index contributed by atoms with van der Waals surface area (Å²) in [6, 6.07) is 0.678. The molecule has 1 aromatic rings. The van der Waals surface area contributed by atoms with E-state index in [2.05, 4.69) is 22.6 Å². The van der Waals surface area contributed by atoms with Crippen molar-refractivity contribution in [3.63, 3.8) is 0 Å². The molecule has 3 nitrogen and oxygen atoms in total. The van der Waals surface area contributed by atoms with Crippen molar-refractivity contribution in [2.45, 2.75) is 44.1 Å². The van der Waals surface area contributed by atoms with Crippen LogP contribution in [0.2, 0.25) is 0 Å². The third kappa shape index (κ3) is 2.92. The van der Waals surface area contributed by atoms with Crippen molar-refractivity contribution in [2.24, 2.45) is 0 Å². The minimum atomic E-state index is 0.678. The number of likely N-dealkylation sites (tertiary alicyclic amines) is 1. The number of nitrogens with one attached hydrogen (secondary N) is 1. The fourth-order valence-electron chi connectivity index (χ4n) is 3.04. The van der Waals surface area contributed by atoms with Crippen LogP contribution < -0.4 is 5.32 Å². The summed E-state index contributed by atoms with van der Waals surface area (Å²) in [5.41, 5.74) is 1.31. The second kappa shape index (κ2) is 5.68. The minimum absolute atomic E-state index is 0.678. The molecule has 2 saturated heterocycles. The topological polar surface area (TPSA) is 28.2 Å². The van der Waals surface area contributed by atoms with Gasteiger partial charge in [0.2, 0.25) is 0 Å². The van der Waals surface area contributed by atoms with Crippen LogP contribution in [0.25, 0.3) is 0 Å². The summed E-state index contributed by atoms with van der Waals surface area (Å²) < 4.78 is 0. The first kappa shape index (κ1) is 12.6. The summed E-state index contributed by atoms with van der Waals surface area (Å²) >= 11 is 1.88. The van der Waals surface area contributed by atoms with Crippen LogP contribution in [0, 0.1) is 0 Å². The van der Waals surface area contributed by atoms with Crippen molar-refractivity contribution in [1.29, 1.82) is 0 Å². The molecule has 0 bridgehead atoms. The van der Waals surface area contributed by atoms with Gasteiger partial charge in [0.25, 0.3) is 0 Å². The highest BCUT2D eigenvalue weighted by Gasteiger charge is 2.22. The first-order valence-electron chi connectivity index (χ1n) is 7.17. The average Bonchev–Trinajstić information content (AvgIpc) is 3.02. The van der Waals surface area contributed by atoms with Gasteiger partial charge in [0.1, 0.15) is 0 Å². The molecule has 0 amide bonds. The second-order valence-electron chi connectivity index (χ2n) is 5.75. The Morgan fingerprint density at radius 1 is 1.39 bits per heavy atom. The molecule has 0 aromatic carbocycles. The third-order valence-corrected chi connectivity index (χ3v) is 5.31. The van der Waals surface area contributed by atoms with E-state index in [0.29, 0.717) is 6.04 Å². The van der Waals surface area contributed by atoms with Gasteiger partial charge in [-0.3, -0.25) is 0 Å². The van der Waals surface area contributed by atoms with Crippen molar-refractivity contribution in [2.75, 3.05) is 26.7 Å². The van der Waals surface area contributed by atoms with Crippen molar-refractivity contribution in [1.82, 2.24) is 15.2 Å². The van der Waals surface area contributed by atoms with Crippen LogP contribution in [-0.2, 0) is 6.42 Å². The number of hydrogen-bond acceptors (Lipinski definition) is 4. The summed E-state index contributed by atoms with van der Waals surface area (Å²) in [5, 5.41) is 7.23. The number of piperidine rings is 1. The highest BCUT2D eigenvalue weighted by molar-refractivity contribution is 7.09. The lowest BCUT2D eigenvalue weighted by molar-refractivity contribution is 0.255. The van der Waals surface area contributed by atoms with Crippen molar-refractivity contribution in [3.05, 3.63) is 16.1 Å². The SMILES string of the molecule is CN1CCC(c2nc(CC3CCCN3)cs2)CC1. The van der Waals surface area contributed by atoms with Gasteiger partial charge in [-0.25, -0.2) is 4.98 Å². The van der Waals surface area contributed by atoms with E-state index >= 15 is 0 Å². The van der Waals surface area contributed by atoms with E-state index in [0.717, 1.165) is 12.3 Å². The molecule has 0 saturated carbocycles. The smallest absolute Gasteiger partial charge is 0.0960 e. The molecule has 3 rings (SSSR count). The van der Waals surface area contributed by atoms with Crippen LogP contribution in [-0.4, -0.2) is 42.6 Å². The van der Waals surface area contributed by atoms with Gasteiger partial charge >= 0.3 is 0 Å². The fraction of sp³-hybridized carbons (Fsp3) is 0.786. The lowest BCUT2D eigenvalue weighted by Crippen LogP contribution is -2.29. The standard InChI is InChI=1S/C14H23N3S/c1-17-7-4-11(5-8-17)14-16-13(10-18-14)9-12-3-2-6-15-12/h10-12,15H,2-9H2,1H3. The van der Waals surface area contributed by atoms with Crippen molar-refractivity contribution < 1.29 is 0 Å². The first-order valence-corrected chi connectivity index (χ1v) is 8.05. The van der Waals surface area contributed by atoms with E-state index in [1.165, 1.54) is 56.0 Å². The zero-order valence-corrected chi connectivity index (χ0v) is 12.0. The maximum atomic E-state index is 4.88. The van der Waals surface area contributed by atoms with Gasteiger partial charge in [0, 0.05) is 23.8 Å². The maximum Gasteiger partial charge on any atom is 0.0960 e. The van der Waals surface area contributed by atoms with Crippen LogP contribution in [0.3, 0.4) is 0 Å². The predicted octanol–water partition coefficient (Wildman–Crippen LogP) is 2.25. The Hall–Kier alpha value is -0.450. The zero-order chi connectivity index (χ0) is 12.4. The Balaban J connectivity index is 1.58. The number of nitrogens with zero attached hydrogens (tertiary/aromatic N) is 2. The Morgan fingerprint density at radius 3 is 2.94 bits per heavy atom. The second-order valence-corrected chi connectivity index (χ2v) is 6.64. The van der Waals surface area contributed by atoms with Gasteiger partial charge < -0.3 is 10.2 Å². The summed E-state index contributed by atoms with van der Waals surface area (Å²) in [5.74, 6) is 0.719. The molecule has 18 heavy (non-hydrogen) atoms. The lowest BCUT2D eigenvalue weighted by Gasteiger charge is -2.27. The normalized spacial score (nSPS) is 26.8. The number of rotatable bonds is 3. The van der Waals surface area contributed by atoms with Crippen LogP contribution in [0.1, 0.15) is 42.3 Å². The first-order chi connectivity index (χ1) is 8.81. The van der Waals surface area contributed by atoms with Crippen LogP contribution in [0.5, 0.6) is 0 Å². The Bertz CT molecular complexity index is 376. The van der Waals surface area contributed by atoms with E-state index in [1.54, 1.807) is 0 Å². The molecule has 1 N–H and O–H groups in total. The molecule has 1 aromatic heterocycles. The Morgan fingerprint density at radius 2 is 2.22 bits per heavy atom. The van der Waals surface area contributed by atoms with E-state index in [1.807, 2.05) is 11.3 Å². The molecule has 3 heterocycles. The molecular formula is C14H23N3S. The van der Waals surface area contributed by atoms with Crippen molar-refractivity contribution in [3.8, 4) is 0 Å². The number of thiazole rings is 1. The average molecular weight is 265 g/mol. The zero-order valence-electron chi connectivity index (χ0n) is 11.2. The molecule has 2 fully saturated rings. The maximum absolute atomic E-state index is 4.88. The summed E-state index contributed by atoms with van der Waals surface area (Å²) in [6.45, 7) is 3.64. The van der Waals surface area contributed by atoms with Crippen LogP contribution in [0.4, 0.5) is 0 Å². The molecule has 1 unspecified atom stereocenters. The van der Waals surface area contributed by atoms with Gasteiger partial charge in [-0.1, -0.05) is 0 Å². The van der Waals surface area contributed by atoms with Gasteiger partial charge in [-0.2, -0.15) is 0 Å². The largest absolute Gasteiger partial charge is 0.314 e. The van der Waals surface area contributed by atoms with Crippen molar-refractivity contribution >= 4 is 11.3 Å². The molecular weight excluding hydrogens is 242 g/mol. The van der Waals surface area contributed by atoms with Crippen LogP contribution >= 0.6 is 11.3 Å². The molecule has 0 radical (unpaired) electrons. The van der Waals surface area contributed by atoms with Gasteiger partial charge in [0.15, 0.2) is 0 Å². The third-order valence-electron chi connectivity index (χ3n) is 4.26. The fourth-order valence-corrected chi connectivity index (χ4v) is 4.05. The molecule has 2 aliphatic rings. The van der Waals surface area contributed by atoms with Crippen LogP contribution in [0.15, 0.2) is 5.38 Å². The predicted molar refractivity (Wildman–Crippen MR) is 76.3 cm³/mol. The Labute approximate surface area is 114 Å². The minimum Gasteiger partial charge on any atom is -0.314 e. The summed E-state index contributed by atoms with van der Waals surface area (Å²) in [6.07, 6.45) is 6.34. The van der Waals surface area contributed by atoms with E-state index < -0.39 is 0 Å². The van der Waals surface area contributed by atoms with E-state index in [4.69, 9.17) is 4.98 Å². The van der Waals surface area contributed by atoms with Gasteiger partial charge in [-0.05, 0) is 52.4 Å². The molecule has 1 atom stereocenters. The highest BCUT2D eigenvalue weighted by atomic mass is 32.1. The molecule has 100 valence electrons. The van der Waals surface area contributed by atoms with E-state index in [-0.39, 0.29) is 0 Å². The molecule has 4 heteroatoms. The quantitative estimate of drug-likeness (QED) is 0.908. The van der Waals surface area contributed by atoms with E-state index in [9.17, 15) is 0 Å². The van der Waals surface area contributed by atoms with Gasteiger partial charge in [0.05, 0.1) is 10.7 Å². The highest BCUT2D eigenvalue weighted by Crippen LogP contribution is 2.30. The molecule has 0 spiro atoms. The molecule has 2 aliphatic heterocycles. The number of aromatic nitrogens is 1.